The normalized spacial score (nSPS) is 20.6. The van der Waals surface area contributed by atoms with Gasteiger partial charge < -0.3 is 11.1 Å². The molecule has 1 fully saturated rings. The molecule has 0 bridgehead atoms. The quantitative estimate of drug-likeness (QED) is 0.797. The Morgan fingerprint density at radius 1 is 1.50 bits per heavy atom. The second-order valence-electron chi connectivity index (χ2n) is 4.53. The Balaban J connectivity index is 2.05. The molecule has 1 amide bonds. The number of likely N-dealkylation sites (N-methyl/N-ethyl adjacent to an activating group) is 1. The van der Waals surface area contributed by atoms with Crippen LogP contribution in [0.5, 0.6) is 0 Å². The molecule has 18 heavy (non-hydrogen) atoms. The van der Waals surface area contributed by atoms with Crippen LogP contribution >= 0.6 is 0 Å². The number of nitrogen functional groups attached to an aromatic ring is 1. The lowest BCUT2D eigenvalue weighted by atomic mass is 10.0. The second kappa shape index (κ2) is 5.77. The van der Waals surface area contributed by atoms with E-state index in [1.807, 2.05) is 0 Å². The van der Waals surface area contributed by atoms with E-state index in [0.29, 0.717) is 12.4 Å². The molecule has 6 nitrogen and oxygen atoms in total. The van der Waals surface area contributed by atoms with Gasteiger partial charge in [0.15, 0.2) is 0 Å². The zero-order chi connectivity index (χ0) is 13.0. The van der Waals surface area contributed by atoms with Gasteiger partial charge in [-0.3, -0.25) is 14.7 Å². The molecule has 0 radical (unpaired) electrons. The Bertz CT molecular complexity index is 405. The van der Waals surface area contributed by atoms with Crippen LogP contribution < -0.4 is 11.1 Å². The van der Waals surface area contributed by atoms with Gasteiger partial charge in [-0.05, 0) is 19.4 Å². The Morgan fingerprint density at radius 3 is 3.00 bits per heavy atom. The minimum absolute atomic E-state index is 0.0527. The molecule has 0 saturated carbocycles. The highest BCUT2D eigenvalue weighted by Crippen LogP contribution is 2.19. The molecule has 2 heterocycles. The van der Waals surface area contributed by atoms with Crippen molar-refractivity contribution in [1.82, 2.24) is 20.2 Å². The number of aromatic nitrogens is 2. The van der Waals surface area contributed by atoms with Crippen LogP contribution in [-0.4, -0.2) is 40.4 Å². The third-order valence-corrected chi connectivity index (χ3v) is 3.25. The number of anilines is 1. The van der Waals surface area contributed by atoms with E-state index in [1.54, 1.807) is 19.4 Å². The number of likely N-dealkylation sites (tertiary alicyclic amines) is 1. The minimum atomic E-state index is -0.0527. The van der Waals surface area contributed by atoms with Crippen LogP contribution in [0.3, 0.4) is 0 Å². The van der Waals surface area contributed by atoms with Gasteiger partial charge in [0.1, 0.15) is 5.82 Å². The summed E-state index contributed by atoms with van der Waals surface area (Å²) in [6.07, 6.45) is 6.35. The van der Waals surface area contributed by atoms with Crippen molar-refractivity contribution in [3.63, 3.8) is 0 Å². The number of nitrogens with zero attached hydrogens (tertiary/aromatic N) is 3. The van der Waals surface area contributed by atoms with Gasteiger partial charge in [0.05, 0.1) is 24.1 Å². The molecule has 1 aliphatic rings. The number of rotatable bonds is 3. The first-order chi connectivity index (χ1) is 8.70. The number of piperidine rings is 1. The molecule has 3 N–H and O–H groups in total. The number of carbonyl (C=O) groups is 1. The van der Waals surface area contributed by atoms with Gasteiger partial charge in [0.2, 0.25) is 5.91 Å². The van der Waals surface area contributed by atoms with Crippen LogP contribution in [0.1, 0.15) is 25.0 Å². The first-order valence-corrected chi connectivity index (χ1v) is 6.22. The lowest BCUT2D eigenvalue weighted by Crippen LogP contribution is -2.48. The summed E-state index contributed by atoms with van der Waals surface area (Å²) in [5, 5.41) is 2.72. The molecule has 1 atom stereocenters. The summed E-state index contributed by atoms with van der Waals surface area (Å²) >= 11 is 0. The summed E-state index contributed by atoms with van der Waals surface area (Å²) < 4.78 is 0. The molecule has 6 heteroatoms. The largest absolute Gasteiger partial charge is 0.382 e. The highest BCUT2D eigenvalue weighted by Gasteiger charge is 2.28. The fourth-order valence-electron chi connectivity index (χ4n) is 2.30. The van der Waals surface area contributed by atoms with Crippen LogP contribution in [0.2, 0.25) is 0 Å². The second-order valence-corrected chi connectivity index (χ2v) is 4.53. The molecule has 1 aromatic rings. The molecule has 2 rings (SSSR count). The Morgan fingerprint density at radius 2 is 2.33 bits per heavy atom. The molecular weight excluding hydrogens is 230 g/mol. The zero-order valence-electron chi connectivity index (χ0n) is 10.6. The highest BCUT2D eigenvalue weighted by atomic mass is 16.2. The van der Waals surface area contributed by atoms with Gasteiger partial charge in [-0.25, -0.2) is 4.98 Å². The predicted molar refractivity (Wildman–Crippen MR) is 68.6 cm³/mol. The summed E-state index contributed by atoms with van der Waals surface area (Å²) in [4.78, 5) is 22.2. The lowest BCUT2D eigenvalue weighted by Gasteiger charge is -2.33. The summed E-state index contributed by atoms with van der Waals surface area (Å²) in [5.74, 6) is 0.498. The van der Waals surface area contributed by atoms with Gasteiger partial charge in [0, 0.05) is 13.6 Å². The van der Waals surface area contributed by atoms with E-state index in [9.17, 15) is 4.79 Å². The number of amides is 1. The summed E-state index contributed by atoms with van der Waals surface area (Å²) in [6, 6.07) is -0.0527. The van der Waals surface area contributed by atoms with Crippen LogP contribution in [0.25, 0.3) is 0 Å². The van der Waals surface area contributed by atoms with Crippen molar-refractivity contribution in [1.29, 1.82) is 0 Å². The van der Waals surface area contributed by atoms with Crippen molar-refractivity contribution in [3.05, 3.63) is 18.1 Å². The molecule has 1 aliphatic heterocycles. The fraction of sp³-hybridized carbons (Fsp3) is 0.583. The third kappa shape index (κ3) is 2.95. The zero-order valence-corrected chi connectivity index (χ0v) is 10.6. The molecule has 98 valence electrons. The Labute approximate surface area is 107 Å². The molecule has 1 aromatic heterocycles. The van der Waals surface area contributed by atoms with E-state index in [0.717, 1.165) is 31.5 Å². The predicted octanol–water partition coefficient (Wildman–Crippen LogP) is 0.159. The van der Waals surface area contributed by atoms with Gasteiger partial charge in [-0.15, -0.1) is 0 Å². The van der Waals surface area contributed by atoms with Gasteiger partial charge >= 0.3 is 0 Å². The molecule has 1 unspecified atom stereocenters. The van der Waals surface area contributed by atoms with Crippen LogP contribution in [-0.2, 0) is 11.3 Å². The Kier molecular flexibility index (Phi) is 4.09. The van der Waals surface area contributed by atoms with Crippen molar-refractivity contribution < 1.29 is 4.79 Å². The summed E-state index contributed by atoms with van der Waals surface area (Å²) in [6.45, 7) is 1.56. The summed E-state index contributed by atoms with van der Waals surface area (Å²) in [5.41, 5.74) is 6.35. The number of carbonyl (C=O) groups excluding carboxylic acids is 1. The first-order valence-electron chi connectivity index (χ1n) is 6.22. The Hall–Kier alpha value is -1.69. The van der Waals surface area contributed by atoms with Gasteiger partial charge in [-0.2, -0.15) is 0 Å². The molecule has 0 aliphatic carbocycles. The number of hydrogen-bond acceptors (Lipinski definition) is 5. The van der Waals surface area contributed by atoms with E-state index >= 15 is 0 Å². The van der Waals surface area contributed by atoms with Crippen LogP contribution in [0, 0.1) is 0 Å². The molecule has 0 aromatic carbocycles. The smallest absolute Gasteiger partial charge is 0.237 e. The third-order valence-electron chi connectivity index (χ3n) is 3.25. The SMILES string of the molecule is CNC(=O)C1CCCCN1Cc1cnc(N)cn1. The average Bonchev–Trinajstić information content (AvgIpc) is 2.41. The maximum atomic E-state index is 11.8. The van der Waals surface area contributed by atoms with E-state index in [2.05, 4.69) is 20.2 Å². The average molecular weight is 249 g/mol. The topological polar surface area (TPSA) is 84.1 Å². The minimum Gasteiger partial charge on any atom is -0.382 e. The van der Waals surface area contributed by atoms with Crippen molar-refractivity contribution >= 4 is 11.7 Å². The van der Waals surface area contributed by atoms with Crippen molar-refractivity contribution in [2.45, 2.75) is 31.8 Å². The number of hydrogen-bond donors (Lipinski definition) is 2. The molecular formula is C12H19N5O. The van der Waals surface area contributed by atoms with E-state index < -0.39 is 0 Å². The van der Waals surface area contributed by atoms with E-state index in [-0.39, 0.29) is 11.9 Å². The summed E-state index contributed by atoms with van der Waals surface area (Å²) in [7, 11) is 1.68. The number of nitrogens with two attached hydrogens (primary N) is 1. The highest BCUT2D eigenvalue weighted by molar-refractivity contribution is 5.81. The van der Waals surface area contributed by atoms with Crippen LogP contribution in [0.15, 0.2) is 12.4 Å². The van der Waals surface area contributed by atoms with Crippen LogP contribution in [0.4, 0.5) is 5.82 Å². The van der Waals surface area contributed by atoms with Gasteiger partial charge in [-0.1, -0.05) is 6.42 Å². The monoisotopic (exact) mass is 249 g/mol. The lowest BCUT2D eigenvalue weighted by molar-refractivity contribution is -0.127. The fourth-order valence-corrected chi connectivity index (χ4v) is 2.30. The molecule has 0 spiro atoms. The van der Waals surface area contributed by atoms with Crippen molar-refractivity contribution in [2.75, 3.05) is 19.3 Å². The molecule has 1 saturated heterocycles. The maximum absolute atomic E-state index is 11.8. The first kappa shape index (κ1) is 12.8. The maximum Gasteiger partial charge on any atom is 0.237 e. The van der Waals surface area contributed by atoms with Crippen molar-refractivity contribution in [3.8, 4) is 0 Å². The van der Waals surface area contributed by atoms with E-state index in [1.165, 1.54) is 0 Å². The van der Waals surface area contributed by atoms with Gasteiger partial charge in [0.25, 0.3) is 0 Å². The number of nitrogens with one attached hydrogen (secondary N) is 1. The van der Waals surface area contributed by atoms with E-state index in [4.69, 9.17) is 5.73 Å². The van der Waals surface area contributed by atoms with Crippen molar-refractivity contribution in [2.24, 2.45) is 0 Å². The standard InChI is InChI=1S/C12H19N5O/c1-14-12(18)10-4-2-3-5-17(10)8-9-6-16-11(13)7-15-9/h6-7,10H,2-5,8H2,1H3,(H2,13,16)(H,14,18).